The monoisotopic (exact) mass is 473 g/mol. The minimum Gasteiger partial charge on any atom is -0.485 e. The molecule has 0 spiro atoms. The molecule has 32 heavy (non-hydrogen) atoms. The quantitative estimate of drug-likeness (QED) is 0.512. The highest BCUT2D eigenvalue weighted by Crippen LogP contribution is 2.67. The van der Waals surface area contributed by atoms with Crippen LogP contribution in [-0.2, 0) is 16.8 Å². The molecular weight excluding hydrogens is 453 g/mol. The van der Waals surface area contributed by atoms with Gasteiger partial charge < -0.3 is 19.3 Å². The zero-order chi connectivity index (χ0) is 22.3. The Kier molecular flexibility index (Phi) is 5.26. The second kappa shape index (κ2) is 7.98. The van der Waals surface area contributed by atoms with Crippen LogP contribution in [0.1, 0.15) is 36.5 Å². The smallest absolute Gasteiger partial charge is 0.258 e. The predicted molar refractivity (Wildman–Crippen MR) is 118 cm³/mol. The number of ether oxygens (including phenoxy) is 2. The van der Waals surface area contributed by atoms with Gasteiger partial charge in [-0.1, -0.05) is 46.1 Å². The second-order valence-electron chi connectivity index (χ2n) is 8.62. The zero-order valence-electron chi connectivity index (χ0n) is 17.4. The van der Waals surface area contributed by atoms with E-state index in [0.29, 0.717) is 33.3 Å². The molecule has 6 rings (SSSR count). The van der Waals surface area contributed by atoms with E-state index < -0.39 is 0 Å². The molecule has 166 valence electrons. The van der Waals surface area contributed by atoms with Crippen molar-refractivity contribution >= 4 is 29.1 Å². The van der Waals surface area contributed by atoms with E-state index in [1.807, 2.05) is 31.2 Å². The predicted octanol–water partition coefficient (Wildman–Crippen LogP) is 4.63. The number of aromatic nitrogens is 2. The molecule has 0 radical (unpaired) electrons. The van der Waals surface area contributed by atoms with Gasteiger partial charge in [-0.25, -0.2) is 0 Å². The lowest BCUT2D eigenvalue weighted by Gasteiger charge is -2.68. The summed E-state index contributed by atoms with van der Waals surface area (Å²) in [5, 5.41) is 8.00. The van der Waals surface area contributed by atoms with Crippen LogP contribution in [0.5, 0.6) is 11.5 Å². The average molecular weight is 474 g/mol. The molecule has 1 aromatic heterocycles. The van der Waals surface area contributed by atoms with Crippen LogP contribution in [0, 0.1) is 6.92 Å². The summed E-state index contributed by atoms with van der Waals surface area (Å²) in [5.41, 5.74) is 0.796. The van der Waals surface area contributed by atoms with Gasteiger partial charge in [0.2, 0.25) is 11.7 Å². The fourth-order valence-electron chi connectivity index (χ4n) is 4.51. The molecule has 2 aromatic carbocycles. The molecule has 1 heterocycles. The summed E-state index contributed by atoms with van der Waals surface area (Å²) in [4.78, 5) is 16.8. The molecule has 3 fully saturated rings. The minimum absolute atomic E-state index is 0.00539. The summed E-state index contributed by atoms with van der Waals surface area (Å²) in [5.74, 6) is 2.19. The number of carbonyl (C=O) groups excluding carboxylic acids is 1. The minimum atomic E-state index is -0.196. The first-order valence-electron chi connectivity index (χ1n) is 10.3. The van der Waals surface area contributed by atoms with Gasteiger partial charge in [-0.15, -0.1) is 0 Å². The number of carbonyl (C=O) groups is 1. The summed E-state index contributed by atoms with van der Waals surface area (Å²) in [6.07, 6.45) is 2.35. The largest absolute Gasteiger partial charge is 0.485 e. The molecule has 3 aliphatic rings. The van der Waals surface area contributed by atoms with Crippen molar-refractivity contribution in [1.29, 1.82) is 0 Å². The number of hydrogen-bond donors (Lipinski definition) is 1. The lowest BCUT2D eigenvalue weighted by molar-refractivity contribution is -0.143. The van der Waals surface area contributed by atoms with Crippen molar-refractivity contribution in [1.82, 2.24) is 15.5 Å². The highest BCUT2D eigenvalue weighted by molar-refractivity contribution is 6.42. The number of nitrogens with one attached hydrogen (secondary N) is 1. The van der Waals surface area contributed by atoms with Crippen LogP contribution in [0.15, 0.2) is 47.0 Å². The van der Waals surface area contributed by atoms with Crippen LogP contribution in [-0.4, -0.2) is 28.2 Å². The van der Waals surface area contributed by atoms with Crippen molar-refractivity contribution in [2.45, 2.75) is 43.7 Å². The Hall–Kier alpha value is -2.77. The van der Waals surface area contributed by atoms with Crippen molar-refractivity contribution in [2.75, 3.05) is 6.61 Å². The van der Waals surface area contributed by atoms with E-state index in [0.717, 1.165) is 24.8 Å². The first-order valence-corrected chi connectivity index (χ1v) is 11.0. The average Bonchev–Trinajstić information content (AvgIpc) is 3.19. The van der Waals surface area contributed by atoms with Gasteiger partial charge in [-0.3, -0.25) is 4.79 Å². The van der Waals surface area contributed by atoms with Crippen LogP contribution in [0.2, 0.25) is 10.0 Å². The van der Waals surface area contributed by atoms with Gasteiger partial charge in [0.15, 0.2) is 13.2 Å². The third-order valence-corrected chi connectivity index (χ3v) is 6.75. The number of halogens is 2. The van der Waals surface area contributed by atoms with Gasteiger partial charge in [0.25, 0.3) is 5.91 Å². The van der Waals surface area contributed by atoms with E-state index in [9.17, 15) is 4.79 Å². The Morgan fingerprint density at radius 3 is 2.50 bits per heavy atom. The normalized spacial score (nSPS) is 23.1. The van der Waals surface area contributed by atoms with Crippen molar-refractivity contribution in [3.63, 3.8) is 0 Å². The third-order valence-electron chi connectivity index (χ3n) is 6.01. The molecule has 7 nitrogen and oxygen atoms in total. The number of rotatable bonds is 8. The molecule has 2 bridgehead atoms. The maximum atomic E-state index is 12.3. The summed E-state index contributed by atoms with van der Waals surface area (Å²) in [6.45, 7) is 2.16. The number of aryl methyl sites for hydroxylation is 1. The molecular formula is C23H21Cl2N3O4. The number of amides is 1. The molecule has 3 aromatic rings. The summed E-state index contributed by atoms with van der Waals surface area (Å²) >= 11 is 11.9. The lowest BCUT2D eigenvalue weighted by atomic mass is 9.39. The van der Waals surface area contributed by atoms with Gasteiger partial charge in [-0.2, -0.15) is 4.98 Å². The number of benzene rings is 2. The Morgan fingerprint density at radius 1 is 1.06 bits per heavy atom. The lowest BCUT2D eigenvalue weighted by Crippen LogP contribution is -2.77. The van der Waals surface area contributed by atoms with Crippen LogP contribution >= 0.6 is 23.2 Å². The molecule has 0 unspecified atom stereocenters. The van der Waals surface area contributed by atoms with E-state index in [4.69, 9.17) is 37.2 Å². The third kappa shape index (κ3) is 4.02. The summed E-state index contributed by atoms with van der Waals surface area (Å²) in [6, 6.07) is 12.7. The highest BCUT2D eigenvalue weighted by Gasteiger charge is 2.71. The van der Waals surface area contributed by atoms with Crippen LogP contribution < -0.4 is 14.8 Å². The van der Waals surface area contributed by atoms with E-state index in [2.05, 4.69) is 15.5 Å². The fourth-order valence-corrected chi connectivity index (χ4v) is 4.79. The molecule has 0 aliphatic heterocycles. The van der Waals surface area contributed by atoms with E-state index in [-0.39, 0.29) is 30.1 Å². The number of hydrogen-bond acceptors (Lipinski definition) is 6. The Morgan fingerprint density at radius 2 is 1.78 bits per heavy atom. The molecule has 1 amide bonds. The Bertz CT molecular complexity index is 1140. The molecule has 1 N–H and O–H groups in total. The van der Waals surface area contributed by atoms with Crippen molar-refractivity contribution in [3.8, 4) is 11.5 Å². The summed E-state index contributed by atoms with van der Waals surface area (Å²) in [7, 11) is 0. The Balaban J connectivity index is 1.10. The van der Waals surface area contributed by atoms with Gasteiger partial charge in [0, 0.05) is 11.6 Å². The molecule has 0 saturated heterocycles. The summed E-state index contributed by atoms with van der Waals surface area (Å²) < 4.78 is 16.7. The maximum absolute atomic E-state index is 12.3. The molecule has 3 saturated carbocycles. The molecule has 0 atom stereocenters. The maximum Gasteiger partial charge on any atom is 0.258 e. The van der Waals surface area contributed by atoms with Crippen LogP contribution in [0.4, 0.5) is 0 Å². The second-order valence-corrected chi connectivity index (χ2v) is 9.44. The van der Waals surface area contributed by atoms with Crippen LogP contribution in [0.25, 0.3) is 0 Å². The van der Waals surface area contributed by atoms with Gasteiger partial charge in [0.05, 0.1) is 15.5 Å². The fraction of sp³-hybridized carbons (Fsp3) is 0.348. The molecule has 9 heteroatoms. The van der Waals surface area contributed by atoms with Gasteiger partial charge in [-0.05, 0) is 50.5 Å². The standard InChI is InChI=1S/C23H21Cl2N3O4/c1-14-2-4-15(5-3-14)31-10-20(29)27-23-11-22(12-23,13-23)21-26-19(28-32-21)9-30-16-6-7-17(24)18(25)8-16/h2-8H,9-13H2,1H3,(H,27,29). The van der Waals surface area contributed by atoms with Crippen molar-refractivity contribution in [3.05, 3.63) is 69.8 Å². The highest BCUT2D eigenvalue weighted by atomic mass is 35.5. The van der Waals surface area contributed by atoms with E-state index in [1.165, 1.54) is 0 Å². The molecule has 3 aliphatic carbocycles. The van der Waals surface area contributed by atoms with Gasteiger partial charge in [0.1, 0.15) is 11.5 Å². The van der Waals surface area contributed by atoms with E-state index in [1.54, 1.807) is 18.2 Å². The van der Waals surface area contributed by atoms with Crippen molar-refractivity contribution < 1.29 is 18.8 Å². The topological polar surface area (TPSA) is 86.5 Å². The first kappa shape index (κ1) is 21.1. The Labute approximate surface area is 195 Å². The van der Waals surface area contributed by atoms with Crippen LogP contribution in [0.3, 0.4) is 0 Å². The van der Waals surface area contributed by atoms with Crippen molar-refractivity contribution in [2.24, 2.45) is 0 Å². The van der Waals surface area contributed by atoms with E-state index >= 15 is 0 Å². The SMILES string of the molecule is Cc1ccc(OCC(=O)NC23CC(c4nc(COc5ccc(Cl)c(Cl)c5)no4)(C2)C3)cc1. The number of nitrogens with zero attached hydrogens (tertiary/aromatic N) is 2. The van der Waals surface area contributed by atoms with Gasteiger partial charge >= 0.3 is 0 Å². The first-order chi connectivity index (χ1) is 15.3. The zero-order valence-corrected chi connectivity index (χ0v) is 18.9.